The molecule has 0 fully saturated rings. The summed E-state index contributed by atoms with van der Waals surface area (Å²) >= 11 is 0. The smallest absolute Gasteiger partial charge is 0.461 e. The molecule has 0 N–H and O–H groups in total. The summed E-state index contributed by atoms with van der Waals surface area (Å²) in [6.45, 7) is 0.827. The normalized spacial score (nSPS) is 12.0. The Labute approximate surface area is 123 Å². The minimum Gasteiger partial charge on any atom is -0.461 e. The van der Waals surface area contributed by atoms with Gasteiger partial charge in [0.15, 0.2) is 0 Å². The number of rotatable bonds is 4. The number of ether oxygens (including phenoxy) is 2. The van der Waals surface area contributed by atoms with Crippen molar-refractivity contribution in [3.8, 4) is 5.75 Å². The number of hydrogen-bond donors (Lipinski definition) is 0. The zero-order valence-electron chi connectivity index (χ0n) is 11.0. The van der Waals surface area contributed by atoms with E-state index >= 15 is 0 Å². The lowest BCUT2D eigenvalue weighted by Gasteiger charge is -2.13. The van der Waals surface area contributed by atoms with Gasteiger partial charge in [0.05, 0.1) is 11.5 Å². The van der Waals surface area contributed by atoms with Crippen LogP contribution in [0.2, 0.25) is 0 Å². The van der Waals surface area contributed by atoms with E-state index in [1.165, 1.54) is 6.92 Å². The van der Waals surface area contributed by atoms with Gasteiger partial charge in [-0.25, -0.2) is 9.78 Å². The van der Waals surface area contributed by atoms with Crippen LogP contribution in [-0.2, 0) is 10.9 Å². The van der Waals surface area contributed by atoms with Gasteiger partial charge in [-0.2, -0.15) is 13.2 Å². The standard InChI is InChI=1S/C10H6F6N2O5/c1-2-22-8(19)6-7(18(20)21)4(23-10(14,15)16)3-5(17-6)9(11,12)13/h3H,2H2,1H3. The van der Waals surface area contributed by atoms with Gasteiger partial charge in [-0.1, -0.05) is 0 Å². The van der Waals surface area contributed by atoms with Gasteiger partial charge in [0.1, 0.15) is 5.69 Å². The first kappa shape index (κ1) is 18.4. The van der Waals surface area contributed by atoms with E-state index in [0.29, 0.717) is 0 Å². The largest absolute Gasteiger partial charge is 0.573 e. The lowest BCUT2D eigenvalue weighted by Crippen LogP contribution is -2.22. The molecule has 23 heavy (non-hydrogen) atoms. The Kier molecular flexibility index (Phi) is 5.02. The van der Waals surface area contributed by atoms with Gasteiger partial charge in [-0.15, -0.1) is 13.2 Å². The zero-order chi connectivity index (χ0) is 18.0. The molecule has 0 unspecified atom stereocenters. The lowest BCUT2D eigenvalue weighted by molar-refractivity contribution is -0.389. The Bertz CT molecular complexity index is 627. The van der Waals surface area contributed by atoms with Gasteiger partial charge < -0.3 is 9.47 Å². The van der Waals surface area contributed by atoms with Crippen molar-refractivity contribution in [2.24, 2.45) is 0 Å². The summed E-state index contributed by atoms with van der Waals surface area (Å²) in [5.41, 5.74) is -5.22. The van der Waals surface area contributed by atoms with E-state index in [9.17, 15) is 41.3 Å². The summed E-state index contributed by atoms with van der Waals surface area (Å²) in [5, 5.41) is 10.8. The molecule has 0 saturated heterocycles. The van der Waals surface area contributed by atoms with E-state index in [1.807, 2.05) is 0 Å². The van der Waals surface area contributed by atoms with Crippen LogP contribution in [0.3, 0.4) is 0 Å². The maximum absolute atomic E-state index is 12.6. The average molecular weight is 348 g/mol. The Morgan fingerprint density at radius 1 is 1.30 bits per heavy atom. The third-order valence-corrected chi connectivity index (χ3v) is 2.13. The van der Waals surface area contributed by atoms with E-state index < -0.39 is 52.9 Å². The zero-order valence-corrected chi connectivity index (χ0v) is 11.0. The fourth-order valence-electron chi connectivity index (χ4n) is 1.38. The van der Waals surface area contributed by atoms with Crippen molar-refractivity contribution in [1.82, 2.24) is 4.98 Å². The molecule has 0 aromatic carbocycles. The molecule has 0 aliphatic heterocycles. The summed E-state index contributed by atoms with van der Waals surface area (Å²) in [4.78, 5) is 23.5. The SMILES string of the molecule is CCOC(=O)c1nc(C(F)(F)F)cc(OC(F)(F)F)c1[N+](=O)[O-]. The molecule has 0 bridgehead atoms. The number of nitro groups is 1. The van der Waals surface area contributed by atoms with Gasteiger partial charge in [0.2, 0.25) is 11.4 Å². The number of carbonyl (C=O) groups excluding carboxylic acids is 1. The fourth-order valence-corrected chi connectivity index (χ4v) is 1.38. The molecule has 128 valence electrons. The van der Waals surface area contributed by atoms with Crippen LogP contribution in [0.15, 0.2) is 6.07 Å². The second-order valence-electron chi connectivity index (χ2n) is 3.73. The molecule has 13 heteroatoms. The summed E-state index contributed by atoms with van der Waals surface area (Å²) in [5.74, 6) is -3.52. The molecule has 1 aromatic heterocycles. The predicted octanol–water partition coefficient (Wildman–Crippen LogP) is 3.08. The molecule has 0 atom stereocenters. The van der Waals surface area contributed by atoms with Gasteiger partial charge >= 0.3 is 24.2 Å². The summed E-state index contributed by atoms with van der Waals surface area (Å²) < 4.78 is 82.1. The maximum atomic E-state index is 12.6. The van der Waals surface area contributed by atoms with E-state index in [-0.39, 0.29) is 6.07 Å². The molecule has 0 aliphatic carbocycles. The van der Waals surface area contributed by atoms with Crippen molar-refractivity contribution >= 4 is 11.7 Å². The van der Waals surface area contributed by atoms with Crippen molar-refractivity contribution in [2.45, 2.75) is 19.5 Å². The van der Waals surface area contributed by atoms with E-state index in [1.54, 1.807) is 0 Å². The Morgan fingerprint density at radius 3 is 2.26 bits per heavy atom. The molecule has 0 aliphatic rings. The highest BCUT2D eigenvalue weighted by molar-refractivity contribution is 5.93. The molecular formula is C10H6F6N2O5. The molecule has 0 spiro atoms. The first-order valence-corrected chi connectivity index (χ1v) is 5.56. The highest BCUT2D eigenvalue weighted by Gasteiger charge is 2.42. The number of halogens is 6. The Hall–Kier alpha value is -2.60. The van der Waals surface area contributed by atoms with Gasteiger partial charge in [-0.3, -0.25) is 10.1 Å². The highest BCUT2D eigenvalue weighted by atomic mass is 19.4. The Morgan fingerprint density at radius 2 is 1.87 bits per heavy atom. The van der Waals surface area contributed by atoms with Gasteiger partial charge in [0.25, 0.3) is 0 Å². The van der Waals surface area contributed by atoms with Crippen molar-refractivity contribution in [2.75, 3.05) is 6.61 Å². The van der Waals surface area contributed by atoms with Crippen molar-refractivity contribution < 1.29 is 45.5 Å². The van der Waals surface area contributed by atoms with E-state index in [0.717, 1.165) is 0 Å². The first-order chi connectivity index (χ1) is 10.4. The number of alkyl halides is 6. The second-order valence-corrected chi connectivity index (χ2v) is 3.73. The van der Waals surface area contributed by atoms with E-state index in [2.05, 4.69) is 14.5 Å². The molecule has 1 heterocycles. The highest BCUT2D eigenvalue weighted by Crippen LogP contribution is 2.39. The average Bonchev–Trinajstić information content (AvgIpc) is 2.34. The lowest BCUT2D eigenvalue weighted by atomic mass is 10.2. The maximum Gasteiger partial charge on any atom is 0.573 e. The quantitative estimate of drug-likeness (QED) is 0.359. The van der Waals surface area contributed by atoms with E-state index in [4.69, 9.17) is 0 Å². The first-order valence-electron chi connectivity index (χ1n) is 5.56. The summed E-state index contributed by atoms with van der Waals surface area (Å²) in [6, 6.07) is -0.325. The van der Waals surface area contributed by atoms with Crippen LogP contribution in [0.5, 0.6) is 5.75 Å². The van der Waals surface area contributed by atoms with Crippen LogP contribution in [-0.4, -0.2) is 28.8 Å². The molecule has 1 rings (SSSR count). The number of hydrogen-bond acceptors (Lipinski definition) is 6. The third-order valence-electron chi connectivity index (χ3n) is 2.13. The number of carbonyl (C=O) groups is 1. The van der Waals surface area contributed by atoms with Crippen LogP contribution in [0.25, 0.3) is 0 Å². The molecule has 0 saturated carbocycles. The number of esters is 1. The third kappa shape index (κ3) is 4.69. The number of nitrogens with zero attached hydrogens (tertiary/aromatic N) is 2. The molecule has 0 radical (unpaired) electrons. The van der Waals surface area contributed by atoms with Crippen molar-refractivity contribution in [1.29, 1.82) is 0 Å². The summed E-state index contributed by atoms with van der Waals surface area (Å²) in [7, 11) is 0. The fraction of sp³-hybridized carbons (Fsp3) is 0.400. The molecular weight excluding hydrogens is 342 g/mol. The van der Waals surface area contributed by atoms with Crippen LogP contribution in [0.1, 0.15) is 23.1 Å². The number of aromatic nitrogens is 1. The van der Waals surface area contributed by atoms with Crippen molar-refractivity contribution in [3.05, 3.63) is 27.6 Å². The van der Waals surface area contributed by atoms with Crippen LogP contribution in [0, 0.1) is 10.1 Å². The minimum atomic E-state index is -5.53. The van der Waals surface area contributed by atoms with Crippen LogP contribution < -0.4 is 4.74 Å². The molecule has 1 aromatic rings. The van der Waals surface area contributed by atoms with Gasteiger partial charge in [0, 0.05) is 6.07 Å². The topological polar surface area (TPSA) is 91.6 Å². The van der Waals surface area contributed by atoms with Crippen LogP contribution >= 0.6 is 0 Å². The van der Waals surface area contributed by atoms with Crippen LogP contribution in [0.4, 0.5) is 32.0 Å². The number of pyridine rings is 1. The Balaban J connectivity index is 3.67. The molecule has 0 amide bonds. The minimum absolute atomic E-state index is 0.325. The molecule has 7 nitrogen and oxygen atoms in total. The van der Waals surface area contributed by atoms with Crippen molar-refractivity contribution in [3.63, 3.8) is 0 Å². The van der Waals surface area contributed by atoms with Gasteiger partial charge in [-0.05, 0) is 6.92 Å². The summed E-state index contributed by atoms with van der Waals surface area (Å²) in [6.07, 6.45) is -10.8. The monoisotopic (exact) mass is 348 g/mol. The second kappa shape index (κ2) is 6.26. The predicted molar refractivity (Wildman–Crippen MR) is 58.5 cm³/mol.